The third kappa shape index (κ3) is 4.01. The topological polar surface area (TPSA) is 77.8 Å². The lowest BCUT2D eigenvalue weighted by atomic mass is 10.3. The Kier molecular flexibility index (Phi) is 5.29. The van der Waals surface area contributed by atoms with Gasteiger partial charge in [-0.3, -0.25) is 0 Å². The van der Waals surface area contributed by atoms with Crippen LogP contribution < -0.4 is 11.5 Å². The molecule has 0 aliphatic heterocycles. The SMILES string of the molecule is NCCCN.c1cnc2ncccc2c1. The summed E-state index contributed by atoms with van der Waals surface area (Å²) in [6.45, 7) is 1.44. The predicted octanol–water partition coefficient (Wildman–Crippen LogP) is 0.924. The first-order chi connectivity index (χ1) is 7.38. The van der Waals surface area contributed by atoms with Crippen LogP contribution in [0.25, 0.3) is 11.0 Å². The summed E-state index contributed by atoms with van der Waals surface area (Å²) in [6, 6.07) is 7.80. The minimum atomic E-state index is 0.719. The van der Waals surface area contributed by atoms with E-state index >= 15 is 0 Å². The quantitative estimate of drug-likeness (QED) is 0.762. The molecular weight excluding hydrogens is 188 g/mol. The summed E-state index contributed by atoms with van der Waals surface area (Å²) in [5.74, 6) is 0. The van der Waals surface area contributed by atoms with Crippen LogP contribution >= 0.6 is 0 Å². The molecule has 0 bridgehead atoms. The summed E-state index contributed by atoms with van der Waals surface area (Å²) in [5.41, 5.74) is 10.9. The Balaban J connectivity index is 0.000000195. The monoisotopic (exact) mass is 204 g/mol. The highest BCUT2D eigenvalue weighted by Gasteiger charge is 1.88. The van der Waals surface area contributed by atoms with Crippen LogP contribution in [-0.4, -0.2) is 23.1 Å². The molecule has 2 heterocycles. The van der Waals surface area contributed by atoms with Gasteiger partial charge in [-0.15, -0.1) is 0 Å². The normalized spacial score (nSPS) is 9.47. The predicted molar refractivity (Wildman–Crippen MR) is 62.3 cm³/mol. The van der Waals surface area contributed by atoms with Gasteiger partial charge in [-0.2, -0.15) is 0 Å². The summed E-state index contributed by atoms with van der Waals surface area (Å²) in [7, 11) is 0. The number of nitrogens with two attached hydrogens (primary N) is 2. The number of hydrogen-bond acceptors (Lipinski definition) is 4. The van der Waals surface area contributed by atoms with Gasteiger partial charge in [0.2, 0.25) is 0 Å². The third-order valence-electron chi connectivity index (χ3n) is 1.78. The Labute approximate surface area is 89.3 Å². The van der Waals surface area contributed by atoms with Gasteiger partial charge in [0.25, 0.3) is 0 Å². The van der Waals surface area contributed by atoms with Gasteiger partial charge in [0.15, 0.2) is 5.65 Å². The fourth-order valence-electron chi connectivity index (χ4n) is 1.03. The van der Waals surface area contributed by atoms with Gasteiger partial charge in [0, 0.05) is 17.8 Å². The molecule has 0 fully saturated rings. The summed E-state index contributed by atoms with van der Waals surface area (Å²) in [5, 5.41) is 1.09. The Morgan fingerprint density at radius 2 is 1.47 bits per heavy atom. The molecule has 0 unspecified atom stereocenters. The molecular formula is C11H16N4. The van der Waals surface area contributed by atoms with Crippen molar-refractivity contribution in [3.8, 4) is 0 Å². The molecule has 4 heteroatoms. The third-order valence-corrected chi connectivity index (χ3v) is 1.78. The van der Waals surface area contributed by atoms with Crippen molar-refractivity contribution in [3.05, 3.63) is 36.7 Å². The highest BCUT2D eigenvalue weighted by molar-refractivity contribution is 5.73. The molecule has 2 aromatic heterocycles. The van der Waals surface area contributed by atoms with Crippen molar-refractivity contribution in [2.75, 3.05) is 13.1 Å². The van der Waals surface area contributed by atoms with Gasteiger partial charge in [0.05, 0.1) is 0 Å². The zero-order valence-electron chi connectivity index (χ0n) is 8.63. The molecule has 2 rings (SSSR count). The summed E-state index contributed by atoms with van der Waals surface area (Å²) >= 11 is 0. The van der Waals surface area contributed by atoms with Crippen LogP contribution in [-0.2, 0) is 0 Å². The molecule has 0 saturated heterocycles. The second kappa shape index (κ2) is 6.86. The fourth-order valence-corrected chi connectivity index (χ4v) is 1.03. The maximum atomic E-state index is 5.06. The molecule has 80 valence electrons. The van der Waals surface area contributed by atoms with Gasteiger partial charge in [-0.05, 0) is 43.8 Å². The highest BCUT2D eigenvalue weighted by atomic mass is 14.8. The Hall–Kier alpha value is -1.52. The molecule has 2 aromatic rings. The maximum absolute atomic E-state index is 5.06. The van der Waals surface area contributed by atoms with E-state index in [4.69, 9.17) is 11.5 Å². The first-order valence-electron chi connectivity index (χ1n) is 4.94. The van der Waals surface area contributed by atoms with E-state index in [0.29, 0.717) is 0 Å². The van der Waals surface area contributed by atoms with Crippen LogP contribution in [0.5, 0.6) is 0 Å². The van der Waals surface area contributed by atoms with Gasteiger partial charge in [0.1, 0.15) is 0 Å². The van der Waals surface area contributed by atoms with Crippen molar-refractivity contribution >= 4 is 11.0 Å². The lowest BCUT2D eigenvalue weighted by Crippen LogP contribution is -2.06. The second-order valence-corrected chi connectivity index (χ2v) is 2.98. The summed E-state index contributed by atoms with van der Waals surface area (Å²) in [4.78, 5) is 8.14. The lowest BCUT2D eigenvalue weighted by molar-refractivity contribution is 0.844. The number of aromatic nitrogens is 2. The smallest absolute Gasteiger partial charge is 0.159 e. The van der Waals surface area contributed by atoms with Gasteiger partial charge < -0.3 is 11.5 Å². The standard InChI is InChI=1S/C8H6N2.C3H10N2/c1-3-7-4-2-6-10-8(7)9-5-1;4-2-1-3-5/h1-6H;1-5H2. The van der Waals surface area contributed by atoms with E-state index in [-0.39, 0.29) is 0 Å². The molecule has 0 aromatic carbocycles. The van der Waals surface area contributed by atoms with E-state index in [9.17, 15) is 0 Å². The Bertz CT molecular complexity index is 322. The number of rotatable bonds is 2. The zero-order chi connectivity index (χ0) is 10.9. The van der Waals surface area contributed by atoms with Crippen molar-refractivity contribution in [2.45, 2.75) is 6.42 Å². The van der Waals surface area contributed by atoms with E-state index in [0.717, 1.165) is 30.5 Å². The first-order valence-corrected chi connectivity index (χ1v) is 4.94. The molecule has 0 saturated carbocycles. The van der Waals surface area contributed by atoms with Crippen molar-refractivity contribution in [2.24, 2.45) is 11.5 Å². The van der Waals surface area contributed by atoms with Gasteiger partial charge >= 0.3 is 0 Å². The average molecular weight is 204 g/mol. The van der Waals surface area contributed by atoms with Gasteiger partial charge in [-0.1, -0.05) is 0 Å². The number of hydrogen-bond donors (Lipinski definition) is 2. The molecule has 0 aliphatic rings. The molecule has 0 atom stereocenters. The number of pyridine rings is 2. The van der Waals surface area contributed by atoms with Crippen LogP contribution in [0.15, 0.2) is 36.7 Å². The number of nitrogens with zero attached hydrogens (tertiary/aromatic N) is 2. The molecule has 4 nitrogen and oxygen atoms in total. The minimum Gasteiger partial charge on any atom is -0.330 e. The fraction of sp³-hybridized carbons (Fsp3) is 0.273. The van der Waals surface area contributed by atoms with Crippen LogP contribution in [0.2, 0.25) is 0 Å². The van der Waals surface area contributed by atoms with E-state index in [1.807, 2.05) is 24.3 Å². The van der Waals surface area contributed by atoms with Crippen LogP contribution in [0.4, 0.5) is 0 Å². The number of fused-ring (bicyclic) bond motifs is 1. The second-order valence-electron chi connectivity index (χ2n) is 2.98. The lowest BCUT2D eigenvalue weighted by Gasteiger charge is -1.90. The van der Waals surface area contributed by atoms with E-state index in [1.54, 1.807) is 12.4 Å². The molecule has 4 N–H and O–H groups in total. The first kappa shape index (κ1) is 11.6. The molecule has 0 radical (unpaired) electrons. The van der Waals surface area contributed by atoms with Crippen molar-refractivity contribution in [3.63, 3.8) is 0 Å². The molecule has 0 aliphatic carbocycles. The average Bonchev–Trinajstić information content (AvgIpc) is 2.31. The highest BCUT2D eigenvalue weighted by Crippen LogP contribution is 2.04. The zero-order valence-corrected chi connectivity index (χ0v) is 8.63. The van der Waals surface area contributed by atoms with E-state index in [1.165, 1.54) is 0 Å². The van der Waals surface area contributed by atoms with Gasteiger partial charge in [-0.25, -0.2) is 9.97 Å². The molecule has 0 amide bonds. The summed E-state index contributed by atoms with van der Waals surface area (Å²) < 4.78 is 0. The van der Waals surface area contributed by atoms with Crippen molar-refractivity contribution < 1.29 is 0 Å². The minimum absolute atomic E-state index is 0.719. The van der Waals surface area contributed by atoms with Crippen LogP contribution in [0, 0.1) is 0 Å². The van der Waals surface area contributed by atoms with Crippen molar-refractivity contribution in [1.29, 1.82) is 0 Å². The van der Waals surface area contributed by atoms with Crippen LogP contribution in [0.3, 0.4) is 0 Å². The van der Waals surface area contributed by atoms with E-state index < -0.39 is 0 Å². The summed E-state index contributed by atoms with van der Waals surface area (Å²) in [6.07, 6.45) is 4.44. The largest absolute Gasteiger partial charge is 0.330 e. The van der Waals surface area contributed by atoms with Crippen LogP contribution in [0.1, 0.15) is 6.42 Å². The van der Waals surface area contributed by atoms with Crippen molar-refractivity contribution in [1.82, 2.24) is 9.97 Å². The Morgan fingerprint density at radius 3 is 1.80 bits per heavy atom. The Morgan fingerprint density at radius 1 is 0.933 bits per heavy atom. The maximum Gasteiger partial charge on any atom is 0.159 e. The molecule has 15 heavy (non-hydrogen) atoms. The molecule has 0 spiro atoms. The van der Waals surface area contributed by atoms with E-state index in [2.05, 4.69) is 9.97 Å².